The molecular formula is C9H9F3O2. The highest BCUT2D eigenvalue weighted by Gasteiger charge is 2.42. The van der Waals surface area contributed by atoms with Gasteiger partial charge in [-0.15, -0.1) is 0 Å². The van der Waals surface area contributed by atoms with E-state index in [1.54, 1.807) is 0 Å². The van der Waals surface area contributed by atoms with Gasteiger partial charge in [0.15, 0.2) is 0 Å². The molecule has 5 heteroatoms. The minimum absolute atomic E-state index is 0.378. The van der Waals surface area contributed by atoms with Crippen molar-refractivity contribution in [2.75, 3.05) is 7.11 Å². The van der Waals surface area contributed by atoms with Crippen LogP contribution < -0.4 is 0 Å². The van der Waals surface area contributed by atoms with Crippen LogP contribution in [-0.4, -0.2) is 25.2 Å². The molecular weight excluding hydrogens is 197 g/mol. The molecule has 0 amide bonds. The van der Waals surface area contributed by atoms with Crippen molar-refractivity contribution in [3.63, 3.8) is 0 Å². The molecule has 1 atom stereocenters. The molecule has 78 valence electrons. The van der Waals surface area contributed by atoms with Crippen molar-refractivity contribution in [1.82, 2.24) is 0 Å². The summed E-state index contributed by atoms with van der Waals surface area (Å²) in [4.78, 5) is 11.2. The Labute approximate surface area is 79.0 Å². The van der Waals surface area contributed by atoms with Crippen LogP contribution >= 0.6 is 0 Å². The predicted molar refractivity (Wildman–Crippen MR) is 43.7 cm³/mol. The minimum Gasteiger partial charge on any atom is -0.369 e. The summed E-state index contributed by atoms with van der Waals surface area (Å²) < 4.78 is 41.5. The highest BCUT2D eigenvalue weighted by Crippen LogP contribution is 2.31. The topological polar surface area (TPSA) is 26.3 Å². The number of ketones is 1. The molecule has 0 saturated carbocycles. The Balaban J connectivity index is 3.08. The zero-order valence-electron chi connectivity index (χ0n) is 7.68. The highest BCUT2D eigenvalue weighted by molar-refractivity contribution is 6.02. The van der Waals surface area contributed by atoms with Gasteiger partial charge in [0.05, 0.1) is 0 Å². The Hall–Kier alpha value is -1.10. The molecule has 1 rings (SSSR count). The van der Waals surface area contributed by atoms with Crippen molar-refractivity contribution in [3.8, 4) is 0 Å². The molecule has 0 heterocycles. The first-order chi connectivity index (χ1) is 6.36. The largest absolute Gasteiger partial charge is 0.419 e. The van der Waals surface area contributed by atoms with Crippen LogP contribution in [0.15, 0.2) is 23.3 Å². The van der Waals surface area contributed by atoms with E-state index in [2.05, 4.69) is 4.74 Å². The van der Waals surface area contributed by atoms with Gasteiger partial charge in [-0.3, -0.25) is 4.79 Å². The number of Topliss-reactive ketones (excluding diaryl/α,β-unsaturated/α-hetero) is 1. The fourth-order valence-corrected chi connectivity index (χ4v) is 1.21. The average molecular weight is 206 g/mol. The minimum atomic E-state index is -4.61. The molecule has 0 saturated heterocycles. The lowest BCUT2D eigenvalue weighted by atomic mass is 9.96. The molecule has 0 aromatic rings. The molecule has 1 unspecified atom stereocenters. The van der Waals surface area contributed by atoms with Crippen molar-refractivity contribution in [1.29, 1.82) is 0 Å². The third-order valence-corrected chi connectivity index (χ3v) is 1.87. The first-order valence-corrected chi connectivity index (χ1v) is 3.90. The third-order valence-electron chi connectivity index (χ3n) is 1.87. The van der Waals surface area contributed by atoms with Crippen molar-refractivity contribution in [2.24, 2.45) is 0 Å². The van der Waals surface area contributed by atoms with Gasteiger partial charge < -0.3 is 4.74 Å². The summed E-state index contributed by atoms with van der Waals surface area (Å²) in [5.74, 6) is -1.04. The Bertz CT molecular complexity index is 313. The normalized spacial score (nSPS) is 23.2. The molecule has 0 aliphatic heterocycles. The summed E-state index contributed by atoms with van der Waals surface area (Å²) >= 11 is 0. The number of halogens is 3. The number of methoxy groups -OCH3 is 1. The maximum absolute atomic E-state index is 12.3. The summed E-state index contributed by atoms with van der Waals surface area (Å²) in [5, 5.41) is 0. The van der Waals surface area contributed by atoms with Crippen LogP contribution in [-0.2, 0) is 9.53 Å². The summed E-state index contributed by atoms with van der Waals surface area (Å²) in [6, 6.07) is 0. The van der Waals surface area contributed by atoms with E-state index in [4.69, 9.17) is 0 Å². The van der Waals surface area contributed by atoms with Gasteiger partial charge in [-0.05, 0) is 19.1 Å². The van der Waals surface area contributed by atoms with Gasteiger partial charge in [0.2, 0.25) is 5.78 Å². The van der Waals surface area contributed by atoms with Crippen LogP contribution in [0.1, 0.15) is 6.92 Å². The van der Waals surface area contributed by atoms with E-state index in [-0.39, 0.29) is 0 Å². The summed E-state index contributed by atoms with van der Waals surface area (Å²) in [6.45, 7) is 1.49. The monoisotopic (exact) mass is 206 g/mol. The third kappa shape index (κ3) is 2.04. The fourth-order valence-electron chi connectivity index (χ4n) is 1.21. The van der Waals surface area contributed by atoms with E-state index >= 15 is 0 Å². The molecule has 1 aliphatic rings. The second-order valence-electron chi connectivity index (χ2n) is 2.99. The summed E-state index contributed by atoms with van der Waals surface area (Å²) in [6.07, 6.45) is -3.53. The van der Waals surface area contributed by atoms with Gasteiger partial charge in [-0.25, -0.2) is 0 Å². The summed E-state index contributed by atoms with van der Waals surface area (Å²) in [5.41, 5.74) is -0.770. The molecule has 0 N–H and O–H groups in total. The molecule has 0 bridgehead atoms. The molecule has 14 heavy (non-hydrogen) atoms. The fraction of sp³-hybridized carbons (Fsp3) is 0.444. The second kappa shape index (κ2) is 3.57. The van der Waals surface area contributed by atoms with E-state index in [0.717, 1.165) is 6.08 Å². The molecule has 2 nitrogen and oxygen atoms in total. The number of alkyl halides is 3. The molecule has 0 aromatic carbocycles. The Kier molecular flexibility index (Phi) is 2.80. The number of ether oxygens (including phenoxy) is 1. The predicted octanol–water partition coefficient (Wildman–Crippen LogP) is 2.02. The SMILES string of the molecule is COC1C=C(C)C=C(C(F)(F)F)C1=O. The lowest BCUT2D eigenvalue weighted by Crippen LogP contribution is -2.32. The lowest BCUT2D eigenvalue weighted by Gasteiger charge is -2.19. The van der Waals surface area contributed by atoms with Gasteiger partial charge in [0.25, 0.3) is 0 Å². The number of allylic oxidation sites excluding steroid dienone is 2. The van der Waals surface area contributed by atoms with E-state index in [0.29, 0.717) is 5.57 Å². The van der Waals surface area contributed by atoms with Crippen LogP contribution in [0.3, 0.4) is 0 Å². The molecule has 0 radical (unpaired) electrons. The van der Waals surface area contributed by atoms with Crippen LogP contribution in [0.25, 0.3) is 0 Å². The van der Waals surface area contributed by atoms with Crippen LogP contribution in [0.5, 0.6) is 0 Å². The Morgan fingerprint density at radius 1 is 1.43 bits per heavy atom. The van der Waals surface area contributed by atoms with Crippen LogP contribution in [0.4, 0.5) is 13.2 Å². The van der Waals surface area contributed by atoms with Crippen molar-refractivity contribution >= 4 is 5.78 Å². The van der Waals surface area contributed by atoms with Crippen molar-refractivity contribution in [2.45, 2.75) is 19.2 Å². The standard InChI is InChI=1S/C9H9F3O2/c1-5-3-6(9(10,11)12)8(13)7(4-5)14-2/h3-4,7H,1-2H3. The zero-order valence-corrected chi connectivity index (χ0v) is 7.68. The van der Waals surface area contributed by atoms with Crippen LogP contribution in [0, 0.1) is 0 Å². The maximum atomic E-state index is 12.3. The highest BCUT2D eigenvalue weighted by atomic mass is 19.4. The molecule has 0 aromatic heterocycles. The van der Waals surface area contributed by atoms with Crippen molar-refractivity contribution in [3.05, 3.63) is 23.3 Å². The van der Waals surface area contributed by atoms with Crippen LogP contribution in [0.2, 0.25) is 0 Å². The number of carbonyl (C=O) groups is 1. The quantitative estimate of drug-likeness (QED) is 0.656. The van der Waals surface area contributed by atoms with Crippen molar-refractivity contribution < 1.29 is 22.7 Å². The van der Waals surface area contributed by atoms with Gasteiger partial charge >= 0.3 is 6.18 Å². The number of hydrogen-bond acceptors (Lipinski definition) is 2. The van der Waals surface area contributed by atoms with Gasteiger partial charge in [-0.1, -0.05) is 5.57 Å². The summed E-state index contributed by atoms with van der Waals surface area (Å²) in [7, 11) is 1.20. The Morgan fingerprint density at radius 2 is 2.00 bits per heavy atom. The lowest BCUT2D eigenvalue weighted by molar-refractivity contribution is -0.135. The number of carbonyl (C=O) groups excluding carboxylic acids is 1. The van der Waals surface area contributed by atoms with E-state index < -0.39 is 23.6 Å². The first-order valence-electron chi connectivity index (χ1n) is 3.90. The second-order valence-corrected chi connectivity index (χ2v) is 2.99. The maximum Gasteiger partial charge on any atom is 0.419 e. The first kappa shape index (κ1) is 11.0. The molecule has 1 aliphatic carbocycles. The molecule has 0 fully saturated rings. The number of rotatable bonds is 1. The van der Waals surface area contributed by atoms with E-state index in [9.17, 15) is 18.0 Å². The molecule has 0 spiro atoms. The number of hydrogen-bond donors (Lipinski definition) is 0. The van der Waals surface area contributed by atoms with Gasteiger partial charge in [-0.2, -0.15) is 13.2 Å². The van der Waals surface area contributed by atoms with E-state index in [1.807, 2.05) is 0 Å². The van der Waals surface area contributed by atoms with Gasteiger partial charge in [0.1, 0.15) is 11.7 Å². The smallest absolute Gasteiger partial charge is 0.369 e. The van der Waals surface area contributed by atoms with E-state index in [1.165, 1.54) is 20.1 Å². The average Bonchev–Trinajstić information content (AvgIpc) is 2.06. The van der Waals surface area contributed by atoms with Gasteiger partial charge in [0, 0.05) is 7.11 Å². The zero-order chi connectivity index (χ0) is 10.9. The Morgan fingerprint density at radius 3 is 2.43 bits per heavy atom.